The molecule has 1 atom stereocenters. The van der Waals surface area contributed by atoms with E-state index in [0.29, 0.717) is 28.3 Å². The van der Waals surface area contributed by atoms with Crippen LogP contribution in [0.25, 0.3) is 5.69 Å². The third-order valence-corrected chi connectivity index (χ3v) is 7.18. The van der Waals surface area contributed by atoms with E-state index in [1.165, 1.54) is 11.8 Å². The van der Waals surface area contributed by atoms with Gasteiger partial charge >= 0.3 is 0 Å². The zero-order valence-corrected chi connectivity index (χ0v) is 23.7. The van der Waals surface area contributed by atoms with Crippen molar-refractivity contribution >= 4 is 41.2 Å². The van der Waals surface area contributed by atoms with Crippen molar-refractivity contribution in [2.45, 2.75) is 23.9 Å². The molecule has 4 aromatic carbocycles. The van der Waals surface area contributed by atoms with Gasteiger partial charge < -0.3 is 10.1 Å². The molecule has 1 unspecified atom stereocenters. The summed E-state index contributed by atoms with van der Waals surface area (Å²) in [5, 5.41) is 17.1. The predicted octanol–water partition coefficient (Wildman–Crippen LogP) is 6.96. The van der Waals surface area contributed by atoms with Gasteiger partial charge in [-0.3, -0.25) is 9.36 Å². The highest BCUT2D eigenvalue weighted by atomic mass is 35.5. The zero-order valence-electron chi connectivity index (χ0n) is 22.1. The van der Waals surface area contributed by atoms with E-state index in [9.17, 15) is 4.79 Å². The fourth-order valence-corrected chi connectivity index (χ4v) is 4.84. The predicted molar refractivity (Wildman–Crippen MR) is 164 cm³/mol. The van der Waals surface area contributed by atoms with Crippen molar-refractivity contribution in [3.8, 4) is 17.2 Å². The number of nitrogens with zero attached hydrogens (tertiary/aromatic N) is 4. The summed E-state index contributed by atoms with van der Waals surface area (Å²) in [6.07, 6.45) is 1.58. The molecule has 0 aliphatic rings. The molecule has 0 radical (unpaired) electrons. The van der Waals surface area contributed by atoms with Gasteiger partial charge in [0.05, 0.1) is 18.0 Å². The topological polar surface area (TPSA) is 93.4 Å². The molecule has 1 aromatic heterocycles. The first-order chi connectivity index (χ1) is 20.0. The number of nitrogens with one attached hydrogen (secondary N) is 2. The number of para-hydroxylation sites is 2. The largest absolute Gasteiger partial charge is 0.457 e. The van der Waals surface area contributed by atoms with E-state index in [0.717, 1.165) is 22.7 Å². The molecular formula is C31H27ClN6O2S. The number of hydrogen-bond donors (Lipinski definition) is 2. The average Bonchev–Trinajstić information content (AvgIpc) is 3.40. The number of hydrazone groups is 1. The van der Waals surface area contributed by atoms with Gasteiger partial charge in [0.15, 0.2) is 11.0 Å². The second-order valence-corrected chi connectivity index (χ2v) is 10.7. The third-order valence-electron chi connectivity index (χ3n) is 5.89. The van der Waals surface area contributed by atoms with E-state index in [-0.39, 0.29) is 5.91 Å². The van der Waals surface area contributed by atoms with E-state index in [4.69, 9.17) is 16.3 Å². The van der Waals surface area contributed by atoms with Crippen LogP contribution >= 0.6 is 23.4 Å². The molecule has 0 aliphatic heterocycles. The van der Waals surface area contributed by atoms with Crippen molar-refractivity contribution in [3.05, 3.63) is 126 Å². The Morgan fingerprint density at radius 1 is 0.951 bits per heavy atom. The van der Waals surface area contributed by atoms with E-state index in [1.807, 2.05) is 114 Å². The SMILES string of the molecule is CC(Sc1nnc(CNc2ccc(Cl)cc2)n1-c1ccccc1)C(=O)N/N=C\c1cccc(Oc2ccccc2)c1. The van der Waals surface area contributed by atoms with Gasteiger partial charge in [-0.1, -0.05) is 71.9 Å². The Kier molecular flexibility index (Phi) is 9.30. The fourth-order valence-electron chi connectivity index (χ4n) is 3.83. The Labute approximate surface area is 247 Å². The molecule has 8 nitrogen and oxygen atoms in total. The molecule has 1 heterocycles. The first-order valence-electron chi connectivity index (χ1n) is 12.9. The fraction of sp³-hybridized carbons (Fsp3) is 0.0968. The highest BCUT2D eigenvalue weighted by Crippen LogP contribution is 2.27. The van der Waals surface area contributed by atoms with Gasteiger partial charge in [-0.25, -0.2) is 5.43 Å². The van der Waals surface area contributed by atoms with Crippen LogP contribution in [0.5, 0.6) is 11.5 Å². The minimum absolute atomic E-state index is 0.258. The molecule has 5 aromatic rings. The lowest BCUT2D eigenvalue weighted by Gasteiger charge is -2.13. The van der Waals surface area contributed by atoms with Gasteiger partial charge in [-0.15, -0.1) is 10.2 Å². The smallest absolute Gasteiger partial charge is 0.253 e. The molecule has 41 heavy (non-hydrogen) atoms. The van der Waals surface area contributed by atoms with Gasteiger partial charge in [0.2, 0.25) is 0 Å². The maximum absolute atomic E-state index is 12.9. The number of thioether (sulfide) groups is 1. The molecule has 0 aliphatic carbocycles. The number of carbonyl (C=O) groups excluding carboxylic acids is 1. The standard InChI is InChI=1S/C31H27ClN6O2S/c1-22(30(39)36-34-20-23-9-8-14-28(19-23)40-27-12-6-3-7-13-27)41-31-37-35-29(38(31)26-10-4-2-5-11-26)21-33-25-17-15-24(32)16-18-25/h2-20,22,33H,21H2,1H3,(H,36,39)/b34-20-. The number of hydrogen-bond acceptors (Lipinski definition) is 7. The first-order valence-corrected chi connectivity index (χ1v) is 14.1. The molecule has 206 valence electrons. The molecule has 0 saturated heterocycles. The van der Waals surface area contributed by atoms with E-state index < -0.39 is 5.25 Å². The lowest BCUT2D eigenvalue weighted by molar-refractivity contribution is -0.120. The number of ether oxygens (including phenoxy) is 1. The zero-order chi connectivity index (χ0) is 28.4. The lowest BCUT2D eigenvalue weighted by atomic mass is 10.2. The summed E-state index contributed by atoms with van der Waals surface area (Å²) in [6.45, 7) is 2.24. The molecule has 0 spiro atoms. The van der Waals surface area contributed by atoms with Crippen LogP contribution in [0, 0.1) is 0 Å². The molecular weight excluding hydrogens is 556 g/mol. The minimum atomic E-state index is -0.483. The Bertz CT molecular complexity index is 1610. The first kappa shape index (κ1) is 27.9. The van der Waals surface area contributed by atoms with Crippen molar-refractivity contribution in [2.75, 3.05) is 5.32 Å². The number of rotatable bonds is 11. The van der Waals surface area contributed by atoms with Crippen molar-refractivity contribution in [1.82, 2.24) is 20.2 Å². The van der Waals surface area contributed by atoms with Crippen molar-refractivity contribution in [3.63, 3.8) is 0 Å². The summed E-state index contributed by atoms with van der Waals surface area (Å²) < 4.78 is 7.81. The van der Waals surface area contributed by atoms with Gasteiger partial charge in [0.1, 0.15) is 11.5 Å². The Balaban J connectivity index is 1.23. The molecule has 5 rings (SSSR count). The molecule has 0 bridgehead atoms. The Hall–Kier alpha value is -4.60. The van der Waals surface area contributed by atoms with E-state index >= 15 is 0 Å². The Morgan fingerprint density at radius 3 is 2.41 bits per heavy atom. The number of amides is 1. The average molecular weight is 583 g/mol. The van der Waals surface area contributed by atoms with Gasteiger partial charge in [-0.2, -0.15) is 5.10 Å². The summed E-state index contributed by atoms with van der Waals surface area (Å²) >= 11 is 7.31. The lowest BCUT2D eigenvalue weighted by Crippen LogP contribution is -2.27. The van der Waals surface area contributed by atoms with Gasteiger partial charge in [0, 0.05) is 16.4 Å². The quantitative estimate of drug-likeness (QED) is 0.0993. The second-order valence-electron chi connectivity index (χ2n) is 8.91. The van der Waals surface area contributed by atoms with Crippen LogP contribution in [0.2, 0.25) is 5.02 Å². The molecule has 1 amide bonds. The van der Waals surface area contributed by atoms with Crippen molar-refractivity contribution in [2.24, 2.45) is 5.10 Å². The summed E-state index contributed by atoms with van der Waals surface area (Å²) in [5.74, 6) is 1.87. The van der Waals surface area contributed by atoms with Crippen LogP contribution in [0.15, 0.2) is 119 Å². The maximum atomic E-state index is 12.9. The van der Waals surface area contributed by atoms with Crippen LogP contribution in [-0.2, 0) is 11.3 Å². The van der Waals surface area contributed by atoms with Crippen LogP contribution in [-0.4, -0.2) is 32.1 Å². The summed E-state index contributed by atoms with van der Waals surface area (Å²) in [5.41, 5.74) is 5.23. The number of aromatic nitrogens is 3. The number of benzene rings is 4. The van der Waals surface area contributed by atoms with Crippen LogP contribution < -0.4 is 15.5 Å². The van der Waals surface area contributed by atoms with Gasteiger partial charge in [0.25, 0.3) is 5.91 Å². The summed E-state index contributed by atoms with van der Waals surface area (Å²) in [4.78, 5) is 12.9. The monoisotopic (exact) mass is 582 g/mol. The van der Waals surface area contributed by atoms with Crippen LogP contribution in [0.4, 0.5) is 5.69 Å². The summed E-state index contributed by atoms with van der Waals surface area (Å²) in [6, 6.07) is 34.3. The molecule has 10 heteroatoms. The van der Waals surface area contributed by atoms with Crippen LogP contribution in [0.3, 0.4) is 0 Å². The van der Waals surface area contributed by atoms with Crippen molar-refractivity contribution in [1.29, 1.82) is 0 Å². The highest BCUT2D eigenvalue weighted by Gasteiger charge is 2.21. The minimum Gasteiger partial charge on any atom is -0.457 e. The summed E-state index contributed by atoms with van der Waals surface area (Å²) in [7, 11) is 0. The van der Waals surface area contributed by atoms with E-state index in [1.54, 1.807) is 13.1 Å². The second kappa shape index (κ2) is 13.6. The molecule has 0 fully saturated rings. The Morgan fingerprint density at radius 2 is 1.66 bits per heavy atom. The molecule has 2 N–H and O–H groups in total. The highest BCUT2D eigenvalue weighted by molar-refractivity contribution is 8.00. The van der Waals surface area contributed by atoms with E-state index in [2.05, 4.69) is 26.0 Å². The third kappa shape index (κ3) is 7.75. The number of halogens is 1. The van der Waals surface area contributed by atoms with Crippen LogP contribution in [0.1, 0.15) is 18.3 Å². The number of carbonyl (C=O) groups is 1. The molecule has 0 saturated carbocycles. The maximum Gasteiger partial charge on any atom is 0.253 e. The number of anilines is 1. The van der Waals surface area contributed by atoms with Crippen molar-refractivity contribution < 1.29 is 9.53 Å². The van der Waals surface area contributed by atoms with Gasteiger partial charge in [-0.05, 0) is 73.2 Å². The normalized spacial score (nSPS) is 11.8.